The molecule has 0 bridgehead atoms. The highest BCUT2D eigenvalue weighted by Gasteiger charge is 2.31. The van der Waals surface area contributed by atoms with Crippen molar-refractivity contribution in [1.82, 2.24) is 0 Å². The molecule has 0 fully saturated rings. The number of allylic oxidation sites excluding steroid dienone is 4. The summed E-state index contributed by atoms with van der Waals surface area (Å²) in [7, 11) is 0. The molecule has 9 heteroatoms. The standard InChI is InChI=1S/C55H106O9/c1-14-47(5,56)28-16-26-46(4)27-17-30-49(7,58)32-19-34-51(9,60)36-21-38-53(11,62)40-23-42-55(13,64)44-24-43-54(12,63)41-22-39-52(10,61)37-20-35-50(8,59)33-18-31-48(6,57)29-15-25-45(2)3/h14,25-26,56-64H,1,15-24,27-44H2,2-13H3/b46-26+/t47-,48+,49-,50-,51-,52+,53+,54+,55-/m1/s1. The van der Waals surface area contributed by atoms with Gasteiger partial charge in [0.05, 0.1) is 50.4 Å². The second-order valence-corrected chi connectivity index (χ2v) is 23.8. The smallest absolute Gasteiger partial charge is 0.0800 e. The van der Waals surface area contributed by atoms with Gasteiger partial charge in [0.1, 0.15) is 0 Å². The van der Waals surface area contributed by atoms with E-state index in [0.717, 1.165) is 32.1 Å². The predicted octanol–water partition coefficient (Wildman–Crippen LogP) is 11.8. The van der Waals surface area contributed by atoms with Gasteiger partial charge in [0.15, 0.2) is 0 Å². The molecule has 380 valence electrons. The van der Waals surface area contributed by atoms with Crippen LogP contribution in [0.2, 0.25) is 0 Å². The van der Waals surface area contributed by atoms with Gasteiger partial charge in [-0.25, -0.2) is 0 Å². The van der Waals surface area contributed by atoms with Crippen molar-refractivity contribution >= 4 is 0 Å². The van der Waals surface area contributed by atoms with Gasteiger partial charge in [-0.05, 0) is 263 Å². The lowest BCUT2D eigenvalue weighted by Gasteiger charge is -2.31. The molecule has 0 heterocycles. The first-order chi connectivity index (χ1) is 29.0. The van der Waals surface area contributed by atoms with E-state index in [4.69, 9.17) is 0 Å². The van der Waals surface area contributed by atoms with Gasteiger partial charge in [-0.3, -0.25) is 0 Å². The normalized spacial score (nSPS) is 21.1. The molecule has 0 amide bonds. The van der Waals surface area contributed by atoms with E-state index in [1.165, 1.54) is 11.1 Å². The van der Waals surface area contributed by atoms with Crippen molar-refractivity contribution in [2.75, 3.05) is 0 Å². The van der Waals surface area contributed by atoms with E-state index in [0.29, 0.717) is 148 Å². The van der Waals surface area contributed by atoms with Crippen LogP contribution in [-0.4, -0.2) is 96.4 Å². The molecule has 0 aliphatic heterocycles. The Kier molecular flexibility index (Phi) is 27.9. The topological polar surface area (TPSA) is 182 Å². The molecule has 0 aromatic heterocycles. The molecule has 9 N–H and O–H groups in total. The summed E-state index contributed by atoms with van der Waals surface area (Å²) < 4.78 is 0. The first-order valence-corrected chi connectivity index (χ1v) is 25.5. The lowest BCUT2D eigenvalue weighted by Crippen LogP contribution is -2.31. The number of hydrogen-bond donors (Lipinski definition) is 9. The maximum absolute atomic E-state index is 11.1. The highest BCUT2D eigenvalue weighted by atomic mass is 16.3. The summed E-state index contributed by atoms with van der Waals surface area (Å²) >= 11 is 0. The zero-order valence-electron chi connectivity index (χ0n) is 43.8. The first-order valence-electron chi connectivity index (χ1n) is 25.5. The van der Waals surface area contributed by atoms with Gasteiger partial charge in [0.25, 0.3) is 0 Å². The van der Waals surface area contributed by atoms with Crippen molar-refractivity contribution in [3.8, 4) is 0 Å². The summed E-state index contributed by atoms with van der Waals surface area (Å²) in [5.74, 6) is 0. The largest absolute Gasteiger partial charge is 0.390 e. The van der Waals surface area contributed by atoms with Crippen LogP contribution in [0.25, 0.3) is 0 Å². The van der Waals surface area contributed by atoms with Crippen LogP contribution in [0.4, 0.5) is 0 Å². The third-order valence-corrected chi connectivity index (χ3v) is 14.1. The zero-order chi connectivity index (χ0) is 49.6. The van der Waals surface area contributed by atoms with Crippen molar-refractivity contribution < 1.29 is 46.0 Å². The molecule has 0 aromatic carbocycles. The number of rotatable bonds is 39. The van der Waals surface area contributed by atoms with Crippen LogP contribution >= 0.6 is 0 Å². The Bertz CT molecular complexity index is 1330. The van der Waals surface area contributed by atoms with Crippen LogP contribution in [-0.2, 0) is 0 Å². The molecular weight excluding hydrogens is 805 g/mol. The average molecular weight is 911 g/mol. The monoisotopic (exact) mass is 911 g/mol. The van der Waals surface area contributed by atoms with Crippen LogP contribution < -0.4 is 0 Å². The van der Waals surface area contributed by atoms with Gasteiger partial charge in [-0.2, -0.15) is 0 Å². The highest BCUT2D eigenvalue weighted by Crippen LogP contribution is 2.33. The summed E-state index contributed by atoms with van der Waals surface area (Å²) in [6.07, 6.45) is 24.2. The highest BCUT2D eigenvalue weighted by molar-refractivity contribution is 5.01. The minimum atomic E-state index is -0.908. The summed E-state index contributed by atoms with van der Waals surface area (Å²) in [5.41, 5.74) is -5.19. The van der Waals surface area contributed by atoms with E-state index in [-0.39, 0.29) is 0 Å². The zero-order valence-corrected chi connectivity index (χ0v) is 43.8. The van der Waals surface area contributed by atoms with Gasteiger partial charge in [-0.15, -0.1) is 6.58 Å². The molecule has 0 spiro atoms. The lowest BCUT2D eigenvalue weighted by molar-refractivity contribution is -0.00863. The fourth-order valence-corrected chi connectivity index (χ4v) is 9.19. The minimum Gasteiger partial charge on any atom is -0.390 e. The summed E-state index contributed by atoms with van der Waals surface area (Å²) in [4.78, 5) is 0. The van der Waals surface area contributed by atoms with Gasteiger partial charge in [-0.1, -0.05) is 29.4 Å². The maximum Gasteiger partial charge on any atom is 0.0800 e. The quantitative estimate of drug-likeness (QED) is 0.0271. The molecule has 0 saturated carbocycles. The minimum absolute atomic E-state index is 0.546. The Labute approximate surface area is 394 Å². The van der Waals surface area contributed by atoms with Crippen molar-refractivity contribution in [3.05, 3.63) is 36.0 Å². The Morgan fingerprint density at radius 3 is 0.781 bits per heavy atom. The third kappa shape index (κ3) is 35.1. The maximum atomic E-state index is 11.1. The van der Waals surface area contributed by atoms with E-state index >= 15 is 0 Å². The molecule has 0 unspecified atom stereocenters. The van der Waals surface area contributed by atoms with E-state index in [1.54, 1.807) is 13.0 Å². The predicted molar refractivity (Wildman–Crippen MR) is 268 cm³/mol. The average Bonchev–Trinajstić information content (AvgIpc) is 3.09. The van der Waals surface area contributed by atoms with Gasteiger partial charge < -0.3 is 46.0 Å². The molecule has 9 nitrogen and oxygen atoms in total. The molecule has 0 aromatic rings. The first kappa shape index (κ1) is 62.9. The fraction of sp³-hybridized carbons (Fsp3) is 0.891. The van der Waals surface area contributed by atoms with E-state index in [1.807, 2.05) is 55.4 Å². The summed E-state index contributed by atoms with van der Waals surface area (Å²) in [5, 5.41) is 98.2. The molecule has 64 heavy (non-hydrogen) atoms. The molecule has 0 radical (unpaired) electrons. The second kappa shape index (κ2) is 28.4. The van der Waals surface area contributed by atoms with Crippen LogP contribution in [0, 0.1) is 0 Å². The van der Waals surface area contributed by atoms with Crippen LogP contribution in [0.1, 0.15) is 263 Å². The molecular formula is C55H106O9. The van der Waals surface area contributed by atoms with Crippen molar-refractivity contribution in [2.45, 2.75) is 313 Å². The van der Waals surface area contributed by atoms with Crippen molar-refractivity contribution in [2.24, 2.45) is 0 Å². The second-order valence-electron chi connectivity index (χ2n) is 23.8. The van der Waals surface area contributed by atoms with Crippen molar-refractivity contribution in [3.63, 3.8) is 0 Å². The Morgan fingerprint density at radius 1 is 0.328 bits per heavy atom. The van der Waals surface area contributed by atoms with Crippen LogP contribution in [0.5, 0.6) is 0 Å². The van der Waals surface area contributed by atoms with E-state index in [2.05, 4.69) is 39.5 Å². The Morgan fingerprint density at radius 2 is 0.547 bits per heavy atom. The molecule has 0 saturated heterocycles. The number of hydrogen-bond acceptors (Lipinski definition) is 9. The van der Waals surface area contributed by atoms with Gasteiger partial charge in [0.2, 0.25) is 0 Å². The molecule has 0 rings (SSSR count). The van der Waals surface area contributed by atoms with Gasteiger partial charge in [0, 0.05) is 0 Å². The van der Waals surface area contributed by atoms with Crippen molar-refractivity contribution in [1.29, 1.82) is 0 Å². The summed E-state index contributed by atoms with van der Waals surface area (Å²) in [6.45, 7) is 26.4. The fourth-order valence-electron chi connectivity index (χ4n) is 9.19. The van der Waals surface area contributed by atoms with Gasteiger partial charge >= 0.3 is 0 Å². The Balaban J connectivity index is 4.43. The molecule has 9 atom stereocenters. The summed E-state index contributed by atoms with van der Waals surface area (Å²) in [6, 6.07) is 0. The molecule has 0 aliphatic carbocycles. The number of aliphatic hydroxyl groups is 9. The van der Waals surface area contributed by atoms with E-state index < -0.39 is 50.4 Å². The Hall–Kier alpha value is -1.14. The third-order valence-electron chi connectivity index (χ3n) is 14.1. The van der Waals surface area contributed by atoms with E-state index in [9.17, 15) is 46.0 Å². The van der Waals surface area contributed by atoms with Crippen LogP contribution in [0.15, 0.2) is 36.0 Å². The SMILES string of the molecule is C=C[C@@](C)(O)CC/C=C(\C)CCC[C@@](C)(O)CCC[C@@](C)(O)CCC[C@](C)(O)CCC[C@@](C)(O)CCC[C@@](C)(O)CCC[C@@](C)(O)CCC[C@](C)(O)CCC[C@@](C)(O)CCC=C(C)C. The van der Waals surface area contributed by atoms with Crippen LogP contribution in [0.3, 0.4) is 0 Å². The lowest BCUT2D eigenvalue weighted by atomic mass is 9.83. The molecule has 0 aliphatic rings.